The van der Waals surface area contributed by atoms with Crippen molar-refractivity contribution in [1.82, 2.24) is 4.57 Å². The molecule has 1 saturated heterocycles. The van der Waals surface area contributed by atoms with Crippen LogP contribution in [0.2, 0.25) is 0 Å². The minimum absolute atomic E-state index is 0.0259. The van der Waals surface area contributed by atoms with E-state index < -0.39 is 23.1 Å². The van der Waals surface area contributed by atoms with Gasteiger partial charge in [-0.2, -0.15) is 0 Å². The molecule has 194 valence electrons. The van der Waals surface area contributed by atoms with Crippen molar-refractivity contribution in [2.75, 3.05) is 36.7 Å². The van der Waals surface area contributed by atoms with E-state index in [0.29, 0.717) is 24.2 Å². The molecule has 2 heterocycles. The number of para-hydroxylation sites is 1. The predicted molar refractivity (Wildman–Crippen MR) is 140 cm³/mol. The molecule has 0 bridgehead atoms. The molecule has 2 atom stereocenters. The third-order valence-electron chi connectivity index (χ3n) is 6.33. The summed E-state index contributed by atoms with van der Waals surface area (Å²) >= 11 is 0. The van der Waals surface area contributed by atoms with Crippen LogP contribution in [0.3, 0.4) is 0 Å². The van der Waals surface area contributed by atoms with Crippen LogP contribution in [0, 0.1) is 11.6 Å². The number of aliphatic imine (C=N–C) groups is 1. The molecule has 0 aliphatic carbocycles. The van der Waals surface area contributed by atoms with Crippen LogP contribution >= 0.6 is 0 Å². The number of amides is 1. The Morgan fingerprint density at radius 3 is 2.62 bits per heavy atom. The molecule has 9 nitrogen and oxygen atoms in total. The first-order valence-corrected chi connectivity index (χ1v) is 11.6. The maximum atomic E-state index is 14.8. The maximum absolute atomic E-state index is 14.8. The number of hydrogen-bond acceptors (Lipinski definition) is 7. The monoisotopic (exact) mass is 510 g/mol. The average Bonchev–Trinajstić information content (AvgIpc) is 3.19. The lowest BCUT2D eigenvalue weighted by Crippen LogP contribution is -2.32. The molecule has 2 unspecified atom stereocenters. The number of nitrogens with two attached hydrogens (primary N) is 2. The number of carbonyl (C=O) groups is 1. The van der Waals surface area contributed by atoms with Gasteiger partial charge in [-0.3, -0.25) is 19.1 Å². The van der Waals surface area contributed by atoms with Crippen LogP contribution in [-0.2, 0) is 0 Å². The Morgan fingerprint density at radius 1 is 1.22 bits per heavy atom. The number of halogens is 2. The lowest BCUT2D eigenvalue weighted by molar-refractivity contribution is 0.102. The third-order valence-corrected chi connectivity index (χ3v) is 6.33. The lowest BCUT2D eigenvalue weighted by atomic mass is 10.1. The van der Waals surface area contributed by atoms with Crippen molar-refractivity contribution in [2.24, 2.45) is 10.7 Å². The summed E-state index contributed by atoms with van der Waals surface area (Å²) in [4.78, 5) is 32.6. The summed E-state index contributed by atoms with van der Waals surface area (Å²) in [5.74, 6) is -2.16. The van der Waals surface area contributed by atoms with E-state index in [2.05, 4.69) is 10.3 Å². The van der Waals surface area contributed by atoms with E-state index in [0.717, 1.165) is 10.6 Å². The number of benzene rings is 2. The molecule has 0 spiro atoms. The zero-order chi connectivity index (χ0) is 26.9. The largest absolute Gasteiger partial charge is 0.494 e. The van der Waals surface area contributed by atoms with Gasteiger partial charge >= 0.3 is 0 Å². The van der Waals surface area contributed by atoms with Crippen LogP contribution in [0.4, 0.5) is 25.8 Å². The van der Waals surface area contributed by atoms with E-state index in [-0.39, 0.29) is 40.5 Å². The topological polar surface area (TPSA) is 128 Å². The molecule has 37 heavy (non-hydrogen) atoms. The van der Waals surface area contributed by atoms with Gasteiger partial charge in [0.25, 0.3) is 11.5 Å². The number of hydrogen-bond donors (Lipinski definition) is 3. The lowest BCUT2D eigenvalue weighted by Gasteiger charge is -2.29. The van der Waals surface area contributed by atoms with Crippen molar-refractivity contribution in [3.05, 3.63) is 75.7 Å². The average molecular weight is 511 g/mol. The first-order valence-electron chi connectivity index (χ1n) is 11.6. The highest BCUT2D eigenvalue weighted by atomic mass is 19.1. The van der Waals surface area contributed by atoms with E-state index in [1.165, 1.54) is 56.9 Å². The molecule has 1 aliphatic heterocycles. The van der Waals surface area contributed by atoms with E-state index in [1.54, 1.807) is 0 Å². The summed E-state index contributed by atoms with van der Waals surface area (Å²) in [6.45, 7) is 2.41. The molecule has 11 heteroatoms. The number of nitrogens with one attached hydrogen (secondary N) is 1. The highest BCUT2D eigenvalue weighted by molar-refractivity contribution is 6.09. The summed E-state index contributed by atoms with van der Waals surface area (Å²) in [7, 11) is 2.87. The molecule has 1 fully saturated rings. The first-order chi connectivity index (χ1) is 17.7. The summed E-state index contributed by atoms with van der Waals surface area (Å²) in [6, 6.07) is 7.81. The quantitative estimate of drug-likeness (QED) is 0.346. The molecule has 1 aliphatic rings. The standard InChI is InChI=1S/C26H28F2N6O3/c1-14-10-15(29)13-34(14)23-17(12-31-2)22(30)19(28)11-20(23)32-25(35)16-6-5-9-33(26(16)36)24-18(27)7-4-8-21(24)37-3/h4-9,11-12,14-15H,10,13,29-30H2,1-3H3,(H,32,35). The van der Waals surface area contributed by atoms with Crippen LogP contribution in [0.1, 0.15) is 29.3 Å². The molecule has 1 aromatic heterocycles. The second-order valence-electron chi connectivity index (χ2n) is 8.81. The molecule has 1 amide bonds. The summed E-state index contributed by atoms with van der Waals surface area (Å²) in [5.41, 5.74) is 11.7. The molecule has 0 radical (unpaired) electrons. The van der Waals surface area contributed by atoms with Crippen molar-refractivity contribution in [3.8, 4) is 11.4 Å². The Hall–Kier alpha value is -4.25. The van der Waals surface area contributed by atoms with Crippen molar-refractivity contribution >= 4 is 29.2 Å². The Bertz CT molecular complexity index is 1440. The highest BCUT2D eigenvalue weighted by Crippen LogP contribution is 2.39. The number of pyridine rings is 1. The number of nitrogen functional groups attached to an aromatic ring is 1. The number of aromatic nitrogens is 1. The van der Waals surface area contributed by atoms with Crippen molar-refractivity contribution in [2.45, 2.75) is 25.4 Å². The van der Waals surface area contributed by atoms with Gasteiger partial charge in [0, 0.05) is 49.7 Å². The number of rotatable bonds is 6. The Morgan fingerprint density at radius 2 is 1.97 bits per heavy atom. The van der Waals surface area contributed by atoms with Gasteiger partial charge in [-0.15, -0.1) is 0 Å². The summed E-state index contributed by atoms with van der Waals surface area (Å²) in [6.07, 6.45) is 3.43. The Labute approximate surface area is 212 Å². The third kappa shape index (κ3) is 4.77. The number of anilines is 3. The molecule has 5 N–H and O–H groups in total. The molecular formula is C26H28F2N6O3. The Balaban J connectivity index is 1.82. The van der Waals surface area contributed by atoms with Crippen LogP contribution in [0.5, 0.6) is 5.75 Å². The second-order valence-corrected chi connectivity index (χ2v) is 8.81. The van der Waals surface area contributed by atoms with Crippen LogP contribution in [0.15, 0.2) is 52.4 Å². The fourth-order valence-corrected chi connectivity index (χ4v) is 4.65. The smallest absolute Gasteiger partial charge is 0.268 e. The van der Waals surface area contributed by atoms with Crippen molar-refractivity contribution < 1.29 is 18.3 Å². The normalized spacial score (nSPS) is 17.4. The number of ether oxygens (including phenoxy) is 1. The number of carbonyl (C=O) groups excluding carboxylic acids is 1. The zero-order valence-electron chi connectivity index (χ0n) is 20.7. The van der Waals surface area contributed by atoms with Gasteiger partial charge in [0.2, 0.25) is 0 Å². The van der Waals surface area contributed by atoms with Gasteiger partial charge in [-0.05, 0) is 37.6 Å². The van der Waals surface area contributed by atoms with Gasteiger partial charge in [-0.25, -0.2) is 8.78 Å². The molecule has 3 aromatic rings. The van der Waals surface area contributed by atoms with E-state index >= 15 is 0 Å². The summed E-state index contributed by atoms with van der Waals surface area (Å²) < 4.78 is 35.7. The Kier molecular flexibility index (Phi) is 7.25. The highest BCUT2D eigenvalue weighted by Gasteiger charge is 2.32. The fourth-order valence-electron chi connectivity index (χ4n) is 4.65. The molecule has 2 aromatic carbocycles. The van der Waals surface area contributed by atoms with E-state index in [1.807, 2.05) is 11.8 Å². The number of nitrogens with zero attached hydrogens (tertiary/aromatic N) is 3. The summed E-state index contributed by atoms with van der Waals surface area (Å²) in [5, 5.41) is 2.65. The minimum Gasteiger partial charge on any atom is -0.494 e. The van der Waals surface area contributed by atoms with Crippen LogP contribution in [0.25, 0.3) is 5.69 Å². The zero-order valence-corrected chi connectivity index (χ0v) is 20.7. The SMILES string of the molecule is CN=Cc1c(N)c(F)cc(NC(=O)c2cccn(-c3c(F)cccc3OC)c2=O)c1N1CC(N)CC1C. The van der Waals surface area contributed by atoms with E-state index in [9.17, 15) is 18.4 Å². The van der Waals surface area contributed by atoms with E-state index in [4.69, 9.17) is 16.2 Å². The minimum atomic E-state index is -0.810. The molecule has 4 rings (SSSR count). The maximum Gasteiger partial charge on any atom is 0.268 e. The second kappa shape index (κ2) is 10.4. The first kappa shape index (κ1) is 25.8. The van der Waals surface area contributed by atoms with Crippen LogP contribution < -0.4 is 32.0 Å². The van der Waals surface area contributed by atoms with Gasteiger partial charge in [0.1, 0.15) is 22.8 Å². The van der Waals surface area contributed by atoms with Gasteiger partial charge in [0.05, 0.1) is 24.2 Å². The predicted octanol–water partition coefficient (Wildman–Crippen LogP) is 2.93. The van der Waals surface area contributed by atoms with Gasteiger partial charge < -0.3 is 26.4 Å². The van der Waals surface area contributed by atoms with Crippen molar-refractivity contribution in [1.29, 1.82) is 0 Å². The fraction of sp³-hybridized carbons (Fsp3) is 0.269. The van der Waals surface area contributed by atoms with Gasteiger partial charge in [0.15, 0.2) is 5.82 Å². The molecular weight excluding hydrogens is 482 g/mol. The van der Waals surface area contributed by atoms with Crippen molar-refractivity contribution in [3.63, 3.8) is 0 Å². The number of methoxy groups -OCH3 is 1. The van der Waals surface area contributed by atoms with Crippen LogP contribution in [-0.4, -0.2) is 49.5 Å². The van der Waals surface area contributed by atoms with Gasteiger partial charge in [-0.1, -0.05) is 6.07 Å². The molecule has 0 saturated carbocycles.